The summed E-state index contributed by atoms with van der Waals surface area (Å²) in [5.41, 5.74) is 7.03. The number of nitrogens with one attached hydrogen (secondary N) is 1. The lowest BCUT2D eigenvalue weighted by Gasteiger charge is -2.24. The number of anilines is 1. The van der Waals surface area contributed by atoms with Crippen molar-refractivity contribution in [3.8, 4) is 0 Å². The zero-order valence-corrected chi connectivity index (χ0v) is 19.0. The van der Waals surface area contributed by atoms with E-state index in [2.05, 4.69) is 11.9 Å². The van der Waals surface area contributed by atoms with E-state index in [1.54, 1.807) is 30.3 Å². The van der Waals surface area contributed by atoms with Gasteiger partial charge in [0, 0.05) is 17.1 Å². The molecule has 2 amide bonds. The smallest absolute Gasteiger partial charge is 0.251 e. The van der Waals surface area contributed by atoms with Crippen LogP contribution < -0.4 is 16.0 Å². The van der Waals surface area contributed by atoms with Crippen LogP contribution in [0.15, 0.2) is 60.0 Å². The van der Waals surface area contributed by atoms with Crippen molar-refractivity contribution in [1.29, 1.82) is 0 Å². The molecule has 7 nitrogen and oxygen atoms in total. The zero-order valence-electron chi connectivity index (χ0n) is 16.6. The molecular formula is C21H23Cl2N3O4S. The maximum absolute atomic E-state index is 13.0. The predicted octanol–water partition coefficient (Wildman–Crippen LogP) is 2.72. The summed E-state index contributed by atoms with van der Waals surface area (Å²) < 4.78 is 25.6. The topological polar surface area (TPSA) is 110 Å². The number of rotatable bonds is 6. The number of nitrogens with zero attached hydrogens (tertiary/aromatic N) is 1. The van der Waals surface area contributed by atoms with Gasteiger partial charge >= 0.3 is 0 Å². The van der Waals surface area contributed by atoms with Crippen molar-refractivity contribution in [3.63, 3.8) is 0 Å². The molecule has 1 aliphatic rings. The Morgan fingerprint density at radius 2 is 1.94 bits per heavy atom. The summed E-state index contributed by atoms with van der Waals surface area (Å²) in [5, 5.41) is 3.27. The van der Waals surface area contributed by atoms with Gasteiger partial charge in [-0.25, -0.2) is 8.42 Å². The SMILES string of the molecule is C=CCCNC(=O)c1ccc2c(c1)N(Cc1ccc(Cl)cc1)C(=O)[C@@H](N)CS2(=O)=O.Cl. The van der Waals surface area contributed by atoms with Gasteiger partial charge in [0.05, 0.1) is 28.9 Å². The fourth-order valence-electron chi connectivity index (χ4n) is 3.17. The molecule has 0 spiro atoms. The molecule has 0 aromatic heterocycles. The van der Waals surface area contributed by atoms with Crippen molar-refractivity contribution < 1.29 is 18.0 Å². The number of sulfone groups is 1. The highest BCUT2D eigenvalue weighted by molar-refractivity contribution is 7.91. The molecule has 2 aromatic rings. The second-order valence-corrected chi connectivity index (χ2v) is 9.39. The standard InChI is InChI=1S/C21H22ClN3O4S.ClH/c1-2-3-10-24-20(26)15-6-9-19-18(11-15)25(12-14-4-7-16(22)8-5-14)21(27)17(23)13-30(19,28)29;/h2,4-9,11,17H,1,3,10,12-13,23H2,(H,24,26);1H/t17-;/m0./s1. The van der Waals surface area contributed by atoms with E-state index in [1.165, 1.54) is 23.1 Å². The van der Waals surface area contributed by atoms with E-state index < -0.39 is 27.5 Å². The Kier molecular flexibility index (Phi) is 8.25. The van der Waals surface area contributed by atoms with E-state index in [0.29, 0.717) is 18.0 Å². The third-order valence-electron chi connectivity index (χ3n) is 4.72. The van der Waals surface area contributed by atoms with E-state index in [9.17, 15) is 18.0 Å². The van der Waals surface area contributed by atoms with Crippen LogP contribution >= 0.6 is 24.0 Å². The number of nitrogens with two attached hydrogens (primary N) is 1. The van der Waals surface area contributed by atoms with Crippen LogP contribution in [0.3, 0.4) is 0 Å². The predicted molar refractivity (Wildman–Crippen MR) is 124 cm³/mol. The van der Waals surface area contributed by atoms with Gasteiger partial charge in [0.1, 0.15) is 0 Å². The Bertz CT molecular complexity index is 1090. The van der Waals surface area contributed by atoms with Gasteiger partial charge in [0.25, 0.3) is 5.91 Å². The normalized spacial score (nSPS) is 17.2. The molecule has 166 valence electrons. The van der Waals surface area contributed by atoms with E-state index in [1.807, 2.05) is 0 Å². The Morgan fingerprint density at radius 1 is 1.26 bits per heavy atom. The van der Waals surface area contributed by atoms with Crippen LogP contribution in [0.25, 0.3) is 0 Å². The highest BCUT2D eigenvalue weighted by atomic mass is 35.5. The Morgan fingerprint density at radius 3 is 2.58 bits per heavy atom. The summed E-state index contributed by atoms with van der Waals surface area (Å²) in [7, 11) is -3.81. The first-order valence-electron chi connectivity index (χ1n) is 9.30. The molecule has 31 heavy (non-hydrogen) atoms. The quantitative estimate of drug-likeness (QED) is 0.484. The van der Waals surface area contributed by atoms with Crippen molar-refractivity contribution in [2.75, 3.05) is 17.2 Å². The molecule has 0 saturated carbocycles. The van der Waals surface area contributed by atoms with Crippen LogP contribution in [0.5, 0.6) is 0 Å². The second kappa shape index (κ2) is 10.3. The first-order chi connectivity index (χ1) is 14.2. The van der Waals surface area contributed by atoms with Crippen LogP contribution in [-0.4, -0.2) is 38.6 Å². The number of fused-ring (bicyclic) bond motifs is 1. The van der Waals surface area contributed by atoms with Crippen LogP contribution in [0.2, 0.25) is 5.02 Å². The molecule has 0 radical (unpaired) electrons. The summed E-state index contributed by atoms with van der Waals surface area (Å²) in [6, 6.07) is 9.84. The van der Waals surface area contributed by atoms with Gasteiger partial charge in [-0.15, -0.1) is 19.0 Å². The number of benzene rings is 2. The molecule has 0 saturated heterocycles. The van der Waals surface area contributed by atoms with Crippen LogP contribution in [-0.2, 0) is 21.2 Å². The number of carbonyl (C=O) groups excluding carboxylic acids is 2. The molecule has 10 heteroatoms. The van der Waals surface area contributed by atoms with Crippen molar-refractivity contribution in [2.24, 2.45) is 5.73 Å². The molecular weight excluding hydrogens is 461 g/mol. The van der Waals surface area contributed by atoms with Gasteiger partial charge in [0.2, 0.25) is 5.91 Å². The zero-order chi connectivity index (χ0) is 21.9. The van der Waals surface area contributed by atoms with E-state index in [-0.39, 0.29) is 41.0 Å². The van der Waals surface area contributed by atoms with Crippen molar-refractivity contribution in [1.82, 2.24) is 5.32 Å². The first kappa shape index (κ1) is 24.9. The fraction of sp³-hybridized carbons (Fsp3) is 0.238. The highest BCUT2D eigenvalue weighted by Gasteiger charge is 2.36. The number of halogens is 2. The van der Waals surface area contributed by atoms with Gasteiger partial charge in [-0.3, -0.25) is 9.59 Å². The third-order valence-corrected chi connectivity index (χ3v) is 6.78. The lowest BCUT2D eigenvalue weighted by atomic mass is 10.1. The van der Waals surface area contributed by atoms with Crippen LogP contribution in [0.1, 0.15) is 22.3 Å². The molecule has 1 atom stereocenters. The minimum atomic E-state index is -3.81. The average Bonchev–Trinajstić information content (AvgIpc) is 2.78. The van der Waals surface area contributed by atoms with Crippen molar-refractivity contribution in [3.05, 3.63) is 71.3 Å². The molecule has 3 rings (SSSR count). The van der Waals surface area contributed by atoms with Gasteiger partial charge in [-0.1, -0.05) is 29.8 Å². The van der Waals surface area contributed by atoms with Crippen LogP contribution in [0, 0.1) is 0 Å². The Hall–Kier alpha value is -2.39. The van der Waals surface area contributed by atoms with Gasteiger partial charge in [-0.05, 0) is 42.3 Å². The lowest BCUT2D eigenvalue weighted by Crippen LogP contribution is -2.45. The van der Waals surface area contributed by atoms with Crippen LogP contribution in [0.4, 0.5) is 5.69 Å². The average molecular weight is 484 g/mol. The molecule has 0 unspecified atom stereocenters. The lowest BCUT2D eigenvalue weighted by molar-refractivity contribution is -0.119. The van der Waals surface area contributed by atoms with Gasteiger partial charge in [0.15, 0.2) is 9.84 Å². The summed E-state index contributed by atoms with van der Waals surface area (Å²) in [6.07, 6.45) is 2.28. The Labute approximate surface area is 192 Å². The summed E-state index contributed by atoms with van der Waals surface area (Å²) in [4.78, 5) is 26.7. The second-order valence-electron chi connectivity index (χ2n) is 6.95. The monoisotopic (exact) mass is 483 g/mol. The van der Waals surface area contributed by atoms with Crippen molar-refractivity contribution >= 4 is 51.3 Å². The molecule has 3 N–H and O–H groups in total. The van der Waals surface area contributed by atoms with Gasteiger partial charge in [-0.2, -0.15) is 0 Å². The van der Waals surface area contributed by atoms with E-state index in [4.69, 9.17) is 17.3 Å². The minimum absolute atomic E-state index is 0. The first-order valence-corrected chi connectivity index (χ1v) is 11.3. The summed E-state index contributed by atoms with van der Waals surface area (Å²) in [5.74, 6) is -1.40. The fourth-order valence-corrected chi connectivity index (χ4v) is 4.86. The highest BCUT2D eigenvalue weighted by Crippen LogP contribution is 2.32. The molecule has 0 aliphatic carbocycles. The molecule has 1 aliphatic heterocycles. The molecule has 0 bridgehead atoms. The van der Waals surface area contributed by atoms with E-state index in [0.717, 1.165) is 5.56 Å². The maximum Gasteiger partial charge on any atom is 0.251 e. The van der Waals surface area contributed by atoms with E-state index >= 15 is 0 Å². The summed E-state index contributed by atoms with van der Waals surface area (Å²) in [6.45, 7) is 4.09. The summed E-state index contributed by atoms with van der Waals surface area (Å²) >= 11 is 5.93. The third kappa shape index (κ3) is 5.65. The Balaban J connectivity index is 0.00000341. The number of hydrogen-bond donors (Lipinski definition) is 2. The minimum Gasteiger partial charge on any atom is -0.352 e. The van der Waals surface area contributed by atoms with Crippen molar-refractivity contribution in [2.45, 2.75) is 23.9 Å². The largest absolute Gasteiger partial charge is 0.352 e. The number of amides is 2. The van der Waals surface area contributed by atoms with Gasteiger partial charge < -0.3 is 16.0 Å². The molecule has 1 heterocycles. The maximum atomic E-state index is 13.0. The number of hydrogen-bond acceptors (Lipinski definition) is 5. The molecule has 0 fully saturated rings. The number of carbonyl (C=O) groups is 2. The molecule has 2 aromatic carbocycles.